The van der Waals surface area contributed by atoms with Crippen molar-refractivity contribution >= 4 is 24.2 Å². The summed E-state index contributed by atoms with van der Waals surface area (Å²) in [7, 11) is -0.237. The third-order valence-electron chi connectivity index (χ3n) is 7.36. The molecule has 1 aliphatic carbocycles. The van der Waals surface area contributed by atoms with E-state index in [2.05, 4.69) is 50.2 Å². The van der Waals surface area contributed by atoms with Gasteiger partial charge >= 0.3 is 7.12 Å². The van der Waals surface area contributed by atoms with Gasteiger partial charge in [0, 0.05) is 23.7 Å². The Bertz CT molecular complexity index is 879. The van der Waals surface area contributed by atoms with Gasteiger partial charge in [0.05, 0.1) is 0 Å². The topological polar surface area (TPSA) is 18.5 Å². The Morgan fingerprint density at radius 3 is 2.00 bits per heavy atom. The SMILES string of the molecule is CCCCCCC1(CCCCCC)c2cc(Cl)ccc2-c2ccc(B3OCCCO3)cc21. The molecule has 0 bridgehead atoms. The summed E-state index contributed by atoms with van der Waals surface area (Å²) in [6.07, 6.45) is 13.6. The van der Waals surface area contributed by atoms with Crippen LogP contribution in [0.15, 0.2) is 36.4 Å². The van der Waals surface area contributed by atoms with Crippen LogP contribution in [-0.2, 0) is 14.7 Å². The van der Waals surface area contributed by atoms with Crippen molar-refractivity contribution in [3.63, 3.8) is 0 Å². The monoisotopic (exact) mass is 452 g/mol. The normalized spacial score (nSPS) is 16.8. The number of halogens is 1. The molecule has 4 rings (SSSR count). The molecule has 0 radical (unpaired) electrons. The fourth-order valence-electron chi connectivity index (χ4n) is 5.68. The van der Waals surface area contributed by atoms with Gasteiger partial charge in [-0.1, -0.05) is 101 Å². The van der Waals surface area contributed by atoms with Crippen LogP contribution in [0.3, 0.4) is 0 Å². The maximum Gasteiger partial charge on any atom is 0.493 e. The van der Waals surface area contributed by atoms with Crippen LogP contribution in [0, 0.1) is 0 Å². The van der Waals surface area contributed by atoms with Crippen molar-refractivity contribution in [2.24, 2.45) is 0 Å². The van der Waals surface area contributed by atoms with Crippen LogP contribution < -0.4 is 5.46 Å². The van der Waals surface area contributed by atoms with E-state index in [0.717, 1.165) is 30.1 Å². The molecule has 2 aliphatic rings. The highest BCUT2D eigenvalue weighted by Crippen LogP contribution is 2.54. The Morgan fingerprint density at radius 2 is 1.38 bits per heavy atom. The predicted molar refractivity (Wildman–Crippen MR) is 137 cm³/mol. The molecule has 1 saturated heterocycles. The van der Waals surface area contributed by atoms with Crippen LogP contribution in [0.2, 0.25) is 5.02 Å². The third-order valence-corrected chi connectivity index (χ3v) is 7.60. The van der Waals surface area contributed by atoms with E-state index in [9.17, 15) is 0 Å². The van der Waals surface area contributed by atoms with Gasteiger partial charge in [-0.25, -0.2) is 0 Å². The molecule has 0 amide bonds. The van der Waals surface area contributed by atoms with E-state index in [0.29, 0.717) is 0 Å². The lowest BCUT2D eigenvalue weighted by molar-refractivity contribution is 0.143. The van der Waals surface area contributed by atoms with Crippen molar-refractivity contribution in [3.8, 4) is 11.1 Å². The van der Waals surface area contributed by atoms with Gasteiger partial charge in [-0.05, 0) is 59.1 Å². The fourth-order valence-corrected chi connectivity index (χ4v) is 5.85. The van der Waals surface area contributed by atoms with Crippen molar-refractivity contribution in [2.45, 2.75) is 89.9 Å². The highest BCUT2D eigenvalue weighted by atomic mass is 35.5. The highest BCUT2D eigenvalue weighted by Gasteiger charge is 2.43. The molecule has 2 nitrogen and oxygen atoms in total. The highest BCUT2D eigenvalue weighted by molar-refractivity contribution is 6.61. The molecule has 0 saturated carbocycles. The van der Waals surface area contributed by atoms with Gasteiger partial charge < -0.3 is 9.31 Å². The number of hydrogen-bond acceptors (Lipinski definition) is 2. The summed E-state index contributed by atoms with van der Waals surface area (Å²) in [5.74, 6) is 0. The van der Waals surface area contributed by atoms with Crippen LogP contribution in [-0.4, -0.2) is 20.3 Å². The first-order valence-electron chi connectivity index (χ1n) is 12.9. The number of rotatable bonds is 11. The molecule has 0 unspecified atom stereocenters. The van der Waals surface area contributed by atoms with E-state index in [1.54, 1.807) is 0 Å². The van der Waals surface area contributed by atoms with Crippen molar-refractivity contribution in [2.75, 3.05) is 13.2 Å². The van der Waals surface area contributed by atoms with Crippen molar-refractivity contribution in [1.29, 1.82) is 0 Å². The second-order valence-electron chi connectivity index (χ2n) is 9.63. The minimum Gasteiger partial charge on any atom is -0.407 e. The molecular weight excluding hydrogens is 415 g/mol. The molecule has 1 heterocycles. The Kier molecular flexibility index (Phi) is 8.37. The Balaban J connectivity index is 1.75. The van der Waals surface area contributed by atoms with Gasteiger partial charge in [-0.2, -0.15) is 0 Å². The fraction of sp³-hybridized carbons (Fsp3) is 0.571. The van der Waals surface area contributed by atoms with Crippen LogP contribution in [0.25, 0.3) is 11.1 Å². The summed E-state index contributed by atoms with van der Waals surface area (Å²) in [4.78, 5) is 0. The first-order valence-corrected chi connectivity index (χ1v) is 13.3. The number of unbranched alkanes of at least 4 members (excludes halogenated alkanes) is 6. The lowest BCUT2D eigenvalue weighted by Gasteiger charge is -2.33. The summed E-state index contributed by atoms with van der Waals surface area (Å²) < 4.78 is 11.9. The Hall–Kier alpha value is -1.29. The van der Waals surface area contributed by atoms with Gasteiger partial charge in [0.2, 0.25) is 0 Å². The minimum absolute atomic E-state index is 0.0434. The smallest absolute Gasteiger partial charge is 0.407 e. The van der Waals surface area contributed by atoms with Crippen molar-refractivity contribution in [1.82, 2.24) is 0 Å². The molecule has 4 heteroatoms. The van der Waals surface area contributed by atoms with Crippen molar-refractivity contribution < 1.29 is 9.31 Å². The molecule has 1 aliphatic heterocycles. The van der Waals surface area contributed by atoms with E-state index in [1.165, 1.54) is 86.5 Å². The van der Waals surface area contributed by atoms with Crippen molar-refractivity contribution in [3.05, 3.63) is 52.5 Å². The zero-order chi connectivity index (χ0) is 22.4. The molecule has 0 N–H and O–H groups in total. The quantitative estimate of drug-likeness (QED) is 0.257. The molecule has 32 heavy (non-hydrogen) atoms. The molecule has 0 atom stereocenters. The zero-order valence-electron chi connectivity index (χ0n) is 19.9. The summed E-state index contributed by atoms with van der Waals surface area (Å²) in [6, 6.07) is 13.5. The van der Waals surface area contributed by atoms with Crippen LogP contribution in [0.4, 0.5) is 0 Å². The summed E-state index contributed by atoms with van der Waals surface area (Å²) in [5, 5.41) is 0.849. The van der Waals surface area contributed by atoms with Gasteiger partial charge in [0.25, 0.3) is 0 Å². The Labute approximate surface area is 200 Å². The van der Waals surface area contributed by atoms with Crippen LogP contribution in [0.5, 0.6) is 0 Å². The molecule has 0 spiro atoms. The van der Waals surface area contributed by atoms with E-state index >= 15 is 0 Å². The third kappa shape index (κ3) is 4.96. The molecule has 0 aromatic heterocycles. The summed E-state index contributed by atoms with van der Waals surface area (Å²) >= 11 is 6.57. The largest absolute Gasteiger partial charge is 0.493 e. The predicted octanol–water partition coefficient (Wildman–Crippen LogP) is 7.68. The average Bonchev–Trinajstić information content (AvgIpc) is 3.09. The zero-order valence-corrected chi connectivity index (χ0v) is 20.7. The second-order valence-corrected chi connectivity index (χ2v) is 10.1. The average molecular weight is 453 g/mol. The minimum atomic E-state index is -0.237. The van der Waals surface area contributed by atoms with Gasteiger partial charge in [0.1, 0.15) is 0 Å². The Morgan fingerprint density at radius 1 is 0.781 bits per heavy atom. The molecule has 2 aromatic carbocycles. The summed E-state index contributed by atoms with van der Waals surface area (Å²) in [6.45, 7) is 6.13. The van der Waals surface area contributed by atoms with E-state index in [4.69, 9.17) is 20.9 Å². The van der Waals surface area contributed by atoms with E-state index in [1.807, 2.05) is 0 Å². The number of hydrogen-bond donors (Lipinski definition) is 0. The van der Waals surface area contributed by atoms with Gasteiger partial charge in [-0.3, -0.25) is 0 Å². The second kappa shape index (κ2) is 11.2. The maximum atomic E-state index is 6.57. The first-order chi connectivity index (χ1) is 15.7. The molecular formula is C28H38BClO2. The molecule has 2 aromatic rings. The lowest BCUT2D eigenvalue weighted by atomic mass is 9.68. The molecule has 1 fully saturated rings. The number of fused-ring (bicyclic) bond motifs is 3. The summed E-state index contributed by atoms with van der Waals surface area (Å²) in [5.41, 5.74) is 6.86. The van der Waals surface area contributed by atoms with E-state index < -0.39 is 0 Å². The van der Waals surface area contributed by atoms with Crippen LogP contribution >= 0.6 is 11.6 Å². The molecule has 172 valence electrons. The van der Waals surface area contributed by atoms with Gasteiger partial charge in [-0.15, -0.1) is 0 Å². The maximum absolute atomic E-state index is 6.57. The van der Waals surface area contributed by atoms with Gasteiger partial charge in [0.15, 0.2) is 0 Å². The standard InChI is InChI=1S/C28H38BClO2/c1-3-5-7-9-16-28(17-10-8-6-4-2)26-20-22(29-31-18-11-19-32-29)12-14-24(26)25-15-13-23(30)21-27(25)28/h12-15,20-21H,3-11,16-19H2,1-2H3. The lowest BCUT2D eigenvalue weighted by Crippen LogP contribution is -2.41. The first kappa shape index (κ1) is 23.9. The number of benzene rings is 2. The van der Waals surface area contributed by atoms with E-state index in [-0.39, 0.29) is 12.5 Å². The van der Waals surface area contributed by atoms with Crippen LogP contribution in [0.1, 0.15) is 95.6 Å².